The lowest BCUT2D eigenvalue weighted by molar-refractivity contribution is 0.793. The summed E-state index contributed by atoms with van der Waals surface area (Å²) >= 11 is 0. The maximum absolute atomic E-state index is 4.99. The Kier molecular flexibility index (Phi) is 8.74. The lowest BCUT2D eigenvalue weighted by Gasteiger charge is -2.32. The summed E-state index contributed by atoms with van der Waals surface area (Å²) in [4.78, 5) is 7.44. The first-order valence-corrected chi connectivity index (χ1v) is 21.9. The zero-order chi connectivity index (χ0) is 42.8. The number of anilines is 3. The average Bonchev–Trinajstić information content (AvgIpc) is 3.83. The van der Waals surface area contributed by atoms with Crippen LogP contribution in [-0.2, 0) is 5.41 Å². The van der Waals surface area contributed by atoms with Gasteiger partial charge in [0.15, 0.2) is 0 Å². The Labute approximate surface area is 373 Å². The van der Waals surface area contributed by atoms with Crippen molar-refractivity contribution in [2.75, 3.05) is 4.90 Å². The lowest BCUT2D eigenvalue weighted by Crippen LogP contribution is -2.28. The van der Waals surface area contributed by atoms with E-state index in [0.29, 0.717) is 0 Å². The van der Waals surface area contributed by atoms with Gasteiger partial charge < -0.3 is 4.90 Å². The fourth-order valence-electron chi connectivity index (χ4n) is 10.7. The molecule has 0 N–H and O–H groups in total. The van der Waals surface area contributed by atoms with Gasteiger partial charge in [0.2, 0.25) is 0 Å². The van der Waals surface area contributed by atoms with Crippen molar-refractivity contribution < 1.29 is 0 Å². The summed E-state index contributed by atoms with van der Waals surface area (Å²) in [7, 11) is 0. The lowest BCUT2D eigenvalue weighted by atomic mass is 9.70. The van der Waals surface area contributed by atoms with E-state index in [9.17, 15) is 0 Å². The third-order valence-electron chi connectivity index (χ3n) is 13.4. The van der Waals surface area contributed by atoms with E-state index in [4.69, 9.17) is 4.98 Å². The molecule has 0 saturated carbocycles. The van der Waals surface area contributed by atoms with Crippen molar-refractivity contribution in [3.63, 3.8) is 0 Å². The number of para-hydroxylation sites is 1. The summed E-state index contributed by atoms with van der Waals surface area (Å²) in [5.41, 5.74) is 20.0. The first-order valence-electron chi connectivity index (χ1n) is 21.9. The minimum absolute atomic E-state index is 0.446. The molecule has 10 aromatic rings. The molecule has 0 bridgehead atoms. The van der Waals surface area contributed by atoms with Gasteiger partial charge in [-0.2, -0.15) is 0 Å². The van der Waals surface area contributed by atoms with Crippen molar-refractivity contribution in [3.8, 4) is 55.8 Å². The highest BCUT2D eigenvalue weighted by molar-refractivity contribution is 5.98. The van der Waals surface area contributed by atoms with E-state index in [1.807, 2.05) is 6.08 Å². The number of benzene rings is 9. The molecule has 0 atom stereocenters. The number of rotatable bonds is 7. The van der Waals surface area contributed by atoms with E-state index in [1.165, 1.54) is 55.6 Å². The summed E-state index contributed by atoms with van der Waals surface area (Å²) in [5, 5.41) is 3.97. The second-order valence-electron chi connectivity index (χ2n) is 16.7. The molecular formula is C62H42N2. The Morgan fingerprint density at radius 2 is 0.891 bits per heavy atom. The number of allylic oxidation sites excluding steroid dienone is 1. The van der Waals surface area contributed by atoms with Crippen LogP contribution in [0.3, 0.4) is 0 Å². The Hall–Kier alpha value is -8.33. The molecule has 0 amide bonds. The molecule has 300 valence electrons. The van der Waals surface area contributed by atoms with Crippen LogP contribution in [0.5, 0.6) is 0 Å². The number of hydrogen-bond acceptors (Lipinski definition) is 2. The molecule has 1 heterocycles. The van der Waals surface area contributed by atoms with Gasteiger partial charge in [-0.25, -0.2) is 4.98 Å². The van der Waals surface area contributed by atoms with Crippen LogP contribution in [0.4, 0.5) is 17.1 Å². The molecule has 2 aliphatic carbocycles. The van der Waals surface area contributed by atoms with Crippen molar-refractivity contribution in [1.82, 2.24) is 4.98 Å². The van der Waals surface area contributed by atoms with Gasteiger partial charge in [0.1, 0.15) is 0 Å². The van der Waals surface area contributed by atoms with E-state index in [-0.39, 0.29) is 0 Å². The largest absolute Gasteiger partial charge is 0.310 e. The van der Waals surface area contributed by atoms with Crippen LogP contribution in [0.2, 0.25) is 0 Å². The molecule has 1 spiro atoms. The quantitative estimate of drug-likeness (QED) is 0.159. The highest BCUT2D eigenvalue weighted by Gasteiger charge is 2.51. The minimum atomic E-state index is -0.446. The number of pyridine rings is 1. The van der Waals surface area contributed by atoms with Crippen LogP contribution in [-0.4, -0.2) is 4.98 Å². The van der Waals surface area contributed by atoms with Gasteiger partial charge in [0, 0.05) is 33.1 Å². The van der Waals surface area contributed by atoms with Gasteiger partial charge >= 0.3 is 0 Å². The molecule has 0 radical (unpaired) electrons. The van der Waals surface area contributed by atoms with E-state index < -0.39 is 5.41 Å². The van der Waals surface area contributed by atoms with E-state index >= 15 is 0 Å². The van der Waals surface area contributed by atoms with Crippen molar-refractivity contribution in [2.45, 2.75) is 5.41 Å². The third kappa shape index (κ3) is 5.63. The van der Waals surface area contributed by atoms with Crippen LogP contribution < -0.4 is 15.5 Å². The third-order valence-corrected chi connectivity index (χ3v) is 13.4. The van der Waals surface area contributed by atoms with Gasteiger partial charge in [-0.05, 0) is 96.9 Å². The standard InChI is InChI=1S/C62H42N2/c1-3-17-48-41(2)63-61(55-25-8-7-21-50(48)55)45-32-30-42(31-33-45)43-34-36-46(37-35-43)64(60-29-16-12-20-49(60)44-18-5-4-6-19-44)47-38-39-54-53-24-11-15-28-58(53)62(59(54)40-47)56-26-13-9-22-51(56)52-23-10-14-27-57(52)62/h3-40H,1-2H2/b48-17+. The predicted octanol–water partition coefficient (Wildman–Crippen LogP) is 14.4. The van der Waals surface area contributed by atoms with Gasteiger partial charge in [0.05, 0.1) is 22.1 Å². The van der Waals surface area contributed by atoms with Gasteiger partial charge in [0.25, 0.3) is 0 Å². The van der Waals surface area contributed by atoms with Crippen LogP contribution in [0, 0.1) is 0 Å². The Bertz CT molecular complexity index is 3520. The van der Waals surface area contributed by atoms with Gasteiger partial charge in [-0.3, -0.25) is 0 Å². The van der Waals surface area contributed by atoms with Gasteiger partial charge in [-0.1, -0.05) is 213 Å². The molecule has 0 saturated heterocycles. The van der Waals surface area contributed by atoms with Crippen LogP contribution in [0.1, 0.15) is 22.3 Å². The molecule has 1 aromatic heterocycles. The fraction of sp³-hybridized carbons (Fsp3) is 0.0161. The summed E-state index contributed by atoms with van der Waals surface area (Å²) in [6.45, 7) is 8.22. The summed E-state index contributed by atoms with van der Waals surface area (Å²) in [5.74, 6) is 0. The first-order chi connectivity index (χ1) is 31.6. The second-order valence-corrected chi connectivity index (χ2v) is 16.7. The molecule has 64 heavy (non-hydrogen) atoms. The highest BCUT2D eigenvalue weighted by atomic mass is 15.1. The van der Waals surface area contributed by atoms with Crippen LogP contribution in [0.25, 0.3) is 79.2 Å². The molecule has 2 aliphatic rings. The molecule has 0 fully saturated rings. The molecule has 2 heteroatoms. The Morgan fingerprint density at radius 1 is 0.406 bits per heavy atom. The minimum Gasteiger partial charge on any atom is -0.310 e. The molecule has 12 rings (SSSR count). The maximum atomic E-state index is 4.99. The molecule has 0 unspecified atom stereocenters. The van der Waals surface area contributed by atoms with Crippen molar-refractivity contribution in [2.24, 2.45) is 0 Å². The molecule has 2 nitrogen and oxygen atoms in total. The number of nitrogens with zero attached hydrogens (tertiary/aromatic N) is 2. The van der Waals surface area contributed by atoms with Crippen LogP contribution >= 0.6 is 0 Å². The highest BCUT2D eigenvalue weighted by Crippen LogP contribution is 2.63. The Balaban J connectivity index is 1.00. The summed E-state index contributed by atoms with van der Waals surface area (Å²) in [6.07, 6.45) is 3.79. The van der Waals surface area contributed by atoms with Crippen LogP contribution in [0.15, 0.2) is 231 Å². The maximum Gasteiger partial charge on any atom is 0.0787 e. The first kappa shape index (κ1) is 37.4. The SMILES string of the molecule is C=C/C=c1\c(=C)nc(-c2ccc(-c3ccc(N(c4ccc5c(c4)C4(c6ccccc6-c6ccccc64)c4ccccc4-5)c4ccccc4-c4ccccc4)cc3)cc2)c2ccccc12. The number of fused-ring (bicyclic) bond motifs is 11. The van der Waals surface area contributed by atoms with Gasteiger partial charge in [-0.15, -0.1) is 0 Å². The topological polar surface area (TPSA) is 16.1 Å². The zero-order valence-corrected chi connectivity index (χ0v) is 35.2. The monoisotopic (exact) mass is 814 g/mol. The van der Waals surface area contributed by atoms with Crippen molar-refractivity contribution in [3.05, 3.63) is 264 Å². The summed E-state index contributed by atoms with van der Waals surface area (Å²) in [6, 6.07) is 79.9. The summed E-state index contributed by atoms with van der Waals surface area (Å²) < 4.78 is 0. The number of hydrogen-bond donors (Lipinski definition) is 0. The molecule has 9 aromatic carbocycles. The smallest absolute Gasteiger partial charge is 0.0787 e. The Morgan fingerprint density at radius 3 is 1.52 bits per heavy atom. The number of aromatic nitrogens is 1. The normalized spacial score (nSPS) is 13.0. The second kappa shape index (κ2) is 14.9. The molecule has 0 aliphatic heterocycles. The zero-order valence-electron chi connectivity index (χ0n) is 35.2. The molecular weight excluding hydrogens is 773 g/mol. The van der Waals surface area contributed by atoms with E-state index in [1.54, 1.807) is 6.08 Å². The van der Waals surface area contributed by atoms with Crippen molar-refractivity contribution >= 4 is 40.5 Å². The fourth-order valence-corrected chi connectivity index (χ4v) is 10.7. The van der Waals surface area contributed by atoms with E-state index in [0.717, 1.165) is 60.8 Å². The van der Waals surface area contributed by atoms with E-state index in [2.05, 4.69) is 236 Å². The predicted molar refractivity (Wildman–Crippen MR) is 268 cm³/mol. The van der Waals surface area contributed by atoms with Crippen molar-refractivity contribution in [1.29, 1.82) is 0 Å². The average molecular weight is 815 g/mol.